The second-order valence-electron chi connectivity index (χ2n) is 10.0. The van der Waals surface area contributed by atoms with Crippen LogP contribution in [0.1, 0.15) is 31.0 Å². The molecule has 0 fully saturated rings. The summed E-state index contributed by atoms with van der Waals surface area (Å²) in [5.41, 5.74) is 8.40. The number of hydrogen-bond acceptors (Lipinski definition) is 4. The van der Waals surface area contributed by atoms with Gasteiger partial charge in [0.25, 0.3) is 0 Å². The van der Waals surface area contributed by atoms with Crippen LogP contribution in [-0.2, 0) is 0 Å². The Morgan fingerprint density at radius 2 is 1.37 bits per heavy atom. The Labute approximate surface area is 220 Å². The number of aromatic nitrogens is 4. The average Bonchev–Trinajstić information content (AvgIpc) is 2.96. The molecule has 2 aliphatic rings. The Balaban J connectivity index is 0.000000128. The molecule has 2 aliphatic carbocycles. The highest BCUT2D eigenvalue weighted by atomic mass is 14.8. The quantitative estimate of drug-likeness (QED) is 0.182. The summed E-state index contributed by atoms with van der Waals surface area (Å²) < 4.78 is 0. The van der Waals surface area contributed by atoms with Gasteiger partial charge in [-0.15, -0.1) is 0 Å². The predicted octanol–water partition coefficient (Wildman–Crippen LogP) is 6.42. The molecule has 0 spiro atoms. The molecule has 38 heavy (non-hydrogen) atoms. The highest BCUT2D eigenvalue weighted by Crippen LogP contribution is 2.30. The van der Waals surface area contributed by atoms with Gasteiger partial charge in [-0.05, 0) is 53.3 Å². The van der Waals surface area contributed by atoms with Crippen LogP contribution in [0.15, 0.2) is 91.0 Å². The first-order valence-electron chi connectivity index (χ1n) is 13.1. The third-order valence-corrected chi connectivity index (χ3v) is 7.31. The molecule has 0 amide bonds. The fourth-order valence-corrected chi connectivity index (χ4v) is 5.37. The third-order valence-electron chi connectivity index (χ3n) is 7.31. The third kappa shape index (κ3) is 3.86. The number of rotatable bonds is 0. The monoisotopic (exact) mass is 490 g/mol. The van der Waals surface area contributed by atoms with Crippen molar-refractivity contribution in [3.63, 3.8) is 0 Å². The van der Waals surface area contributed by atoms with E-state index in [1.807, 2.05) is 42.5 Å². The summed E-state index contributed by atoms with van der Waals surface area (Å²) >= 11 is 0. The molecule has 4 nitrogen and oxygen atoms in total. The smallest absolute Gasteiger partial charge is 0.0972 e. The van der Waals surface area contributed by atoms with Gasteiger partial charge in [-0.1, -0.05) is 86.7 Å². The van der Waals surface area contributed by atoms with Gasteiger partial charge < -0.3 is 0 Å². The van der Waals surface area contributed by atoms with Crippen LogP contribution in [0.2, 0.25) is 0 Å². The van der Waals surface area contributed by atoms with Crippen molar-refractivity contribution in [3.05, 3.63) is 113 Å². The van der Waals surface area contributed by atoms with E-state index in [0.29, 0.717) is 11.8 Å². The molecule has 2 aromatic heterocycles. The molecular formula is C34H26N4. The van der Waals surface area contributed by atoms with Gasteiger partial charge in [-0.2, -0.15) is 0 Å². The van der Waals surface area contributed by atoms with Gasteiger partial charge in [0.15, 0.2) is 0 Å². The van der Waals surface area contributed by atoms with Crippen LogP contribution in [0.3, 0.4) is 0 Å². The van der Waals surface area contributed by atoms with Crippen LogP contribution in [0.4, 0.5) is 0 Å². The predicted molar refractivity (Wildman–Crippen MR) is 157 cm³/mol. The van der Waals surface area contributed by atoms with Crippen molar-refractivity contribution in [1.29, 1.82) is 0 Å². The van der Waals surface area contributed by atoms with Crippen LogP contribution in [0.5, 0.6) is 0 Å². The first-order valence-corrected chi connectivity index (χ1v) is 13.1. The molecule has 4 heteroatoms. The Bertz CT molecular complexity index is 2020. The molecule has 0 saturated carbocycles. The summed E-state index contributed by atoms with van der Waals surface area (Å²) in [6, 6.07) is 28.9. The normalized spacial score (nSPS) is 17.0. The van der Waals surface area contributed by atoms with E-state index in [1.165, 1.54) is 16.5 Å². The molecule has 2 atom stereocenters. The van der Waals surface area contributed by atoms with E-state index < -0.39 is 0 Å². The minimum absolute atomic E-state index is 0.390. The van der Waals surface area contributed by atoms with E-state index in [0.717, 1.165) is 49.5 Å². The first kappa shape index (κ1) is 22.5. The molecule has 0 N–H and O–H groups in total. The summed E-state index contributed by atoms with van der Waals surface area (Å²) in [5, 5.41) is 4.39. The molecule has 8 rings (SSSR count). The van der Waals surface area contributed by atoms with Crippen LogP contribution < -0.4 is 10.7 Å². The lowest BCUT2D eigenvalue weighted by Gasteiger charge is -2.19. The van der Waals surface area contributed by atoms with Crippen LogP contribution >= 0.6 is 0 Å². The largest absolute Gasteiger partial charge is 0.245 e. The Morgan fingerprint density at radius 3 is 2.26 bits per heavy atom. The zero-order valence-electron chi connectivity index (χ0n) is 21.3. The molecular weight excluding hydrogens is 464 g/mol. The zero-order valence-corrected chi connectivity index (χ0v) is 21.3. The average molecular weight is 491 g/mol. The lowest BCUT2D eigenvalue weighted by molar-refractivity contribution is 0.941. The number of benzene rings is 4. The van der Waals surface area contributed by atoms with Gasteiger partial charge >= 0.3 is 0 Å². The number of allylic oxidation sites excluding steroid dienone is 1. The lowest BCUT2D eigenvalue weighted by atomic mass is 9.89. The number of para-hydroxylation sites is 2. The van der Waals surface area contributed by atoms with Crippen LogP contribution in [-0.4, -0.2) is 19.9 Å². The van der Waals surface area contributed by atoms with E-state index >= 15 is 0 Å². The molecule has 0 saturated heterocycles. The van der Waals surface area contributed by atoms with Crippen LogP contribution in [0.25, 0.3) is 62.3 Å². The summed E-state index contributed by atoms with van der Waals surface area (Å²) in [6.07, 6.45) is 8.66. The highest BCUT2D eigenvalue weighted by molar-refractivity contribution is 6.05. The molecule has 2 unspecified atom stereocenters. The second kappa shape index (κ2) is 9.00. The number of nitrogens with zero attached hydrogens (tertiary/aromatic N) is 4. The number of fused-ring (bicyclic) bond motifs is 8. The molecule has 6 aromatic rings. The fraction of sp³-hybridized carbons (Fsp3) is 0.118. The van der Waals surface area contributed by atoms with Gasteiger partial charge in [-0.25, -0.2) is 19.9 Å². The van der Waals surface area contributed by atoms with E-state index in [-0.39, 0.29) is 0 Å². The zero-order chi connectivity index (χ0) is 25.6. The maximum atomic E-state index is 4.88. The van der Waals surface area contributed by atoms with Crippen molar-refractivity contribution in [2.45, 2.75) is 19.8 Å². The van der Waals surface area contributed by atoms with Gasteiger partial charge in [0.05, 0.1) is 44.2 Å². The molecule has 182 valence electrons. The van der Waals surface area contributed by atoms with E-state index in [1.54, 1.807) is 0 Å². The molecule has 2 heterocycles. The lowest BCUT2D eigenvalue weighted by Crippen LogP contribution is -2.29. The van der Waals surface area contributed by atoms with Crippen molar-refractivity contribution >= 4 is 51.1 Å². The maximum Gasteiger partial charge on any atom is 0.0972 e. The second-order valence-corrected chi connectivity index (χ2v) is 10.0. The minimum Gasteiger partial charge on any atom is -0.245 e. The van der Waals surface area contributed by atoms with Crippen molar-refractivity contribution in [1.82, 2.24) is 19.9 Å². The number of hydrogen-bond donors (Lipinski definition) is 0. The van der Waals surface area contributed by atoms with E-state index in [4.69, 9.17) is 15.0 Å². The SMILES string of the molecule is CC1C=Cc2nc3c(nc2=C1)-c1ccccc1C(C)C=3.c1ccc2c(c1)ccc1nc3ccccc3nc12. The van der Waals surface area contributed by atoms with E-state index in [2.05, 4.69) is 85.6 Å². The van der Waals surface area contributed by atoms with Crippen molar-refractivity contribution < 1.29 is 0 Å². The van der Waals surface area contributed by atoms with Gasteiger partial charge in [0.2, 0.25) is 0 Å². The fourth-order valence-electron chi connectivity index (χ4n) is 5.37. The first-order chi connectivity index (χ1) is 18.6. The molecule has 0 bridgehead atoms. The van der Waals surface area contributed by atoms with E-state index in [9.17, 15) is 0 Å². The van der Waals surface area contributed by atoms with Gasteiger partial charge in [0, 0.05) is 16.9 Å². The van der Waals surface area contributed by atoms with Crippen molar-refractivity contribution in [2.24, 2.45) is 5.92 Å². The minimum atomic E-state index is 0.390. The Hall–Kier alpha value is -4.70. The Kier molecular flexibility index (Phi) is 5.33. The Morgan fingerprint density at radius 1 is 0.605 bits per heavy atom. The summed E-state index contributed by atoms with van der Waals surface area (Å²) in [4.78, 5) is 19.1. The molecule has 0 aliphatic heterocycles. The van der Waals surface area contributed by atoms with Crippen LogP contribution in [0, 0.1) is 5.92 Å². The molecule has 0 radical (unpaired) electrons. The van der Waals surface area contributed by atoms with Gasteiger partial charge in [-0.3, -0.25) is 0 Å². The summed E-state index contributed by atoms with van der Waals surface area (Å²) in [5.74, 6) is 0.818. The summed E-state index contributed by atoms with van der Waals surface area (Å²) in [7, 11) is 0. The van der Waals surface area contributed by atoms with Gasteiger partial charge in [0.1, 0.15) is 0 Å². The van der Waals surface area contributed by atoms with Crippen molar-refractivity contribution in [2.75, 3.05) is 0 Å². The highest BCUT2D eigenvalue weighted by Gasteiger charge is 2.19. The standard InChI is InChI=1S/C18H16N2.C16H10N2/c1-11-7-8-15-16(9-11)20-18-14-6-4-3-5-13(14)12(2)10-17(18)19-15;1-2-6-12-11(5-1)9-10-15-16(12)18-14-8-4-3-7-13(14)17-15/h3-12H,1-2H3;1-10H. The topological polar surface area (TPSA) is 51.6 Å². The molecule has 4 aromatic carbocycles. The van der Waals surface area contributed by atoms with Crippen molar-refractivity contribution in [3.8, 4) is 11.3 Å². The summed E-state index contributed by atoms with van der Waals surface area (Å²) in [6.45, 7) is 4.38. The maximum absolute atomic E-state index is 4.88.